The quantitative estimate of drug-likeness (QED) is 0.669. The van der Waals surface area contributed by atoms with E-state index >= 15 is 0 Å². The Balaban J connectivity index is 1.45. The number of carbonyl (C=O) groups is 1. The number of imidazole rings is 1. The van der Waals surface area contributed by atoms with Gasteiger partial charge in [-0.1, -0.05) is 12.1 Å². The second kappa shape index (κ2) is 8.43. The van der Waals surface area contributed by atoms with Crippen molar-refractivity contribution >= 4 is 5.91 Å². The van der Waals surface area contributed by atoms with E-state index in [1.54, 1.807) is 19.5 Å². The van der Waals surface area contributed by atoms with Gasteiger partial charge in [0.05, 0.1) is 25.4 Å². The number of rotatable bonds is 5. The number of aryl methyl sites for hydroxylation is 1. The minimum atomic E-state index is 0.148. The number of methoxy groups -OCH3 is 1. The molecule has 4 rings (SSSR count). The molecule has 1 aliphatic rings. The first-order valence-electron chi connectivity index (χ1n) is 9.87. The normalized spacial score (nSPS) is 16.6. The molecular weight excluding hydrogens is 366 g/mol. The summed E-state index contributed by atoms with van der Waals surface area (Å²) in [6, 6.07) is 7.67. The van der Waals surface area contributed by atoms with Gasteiger partial charge < -0.3 is 9.64 Å². The topological polar surface area (TPSA) is 73.1 Å². The first kappa shape index (κ1) is 19.1. The second-order valence-corrected chi connectivity index (χ2v) is 7.35. The van der Waals surface area contributed by atoms with Crippen LogP contribution in [-0.4, -0.2) is 50.5 Å². The number of nitrogens with zero attached hydrogens (tertiary/aromatic N) is 5. The number of aromatic nitrogens is 4. The molecule has 0 radical (unpaired) electrons. The van der Waals surface area contributed by atoms with E-state index in [0.29, 0.717) is 13.0 Å². The summed E-state index contributed by atoms with van der Waals surface area (Å²) in [5.74, 6) is 2.77. The number of likely N-dealkylation sites (tertiary alicyclic amines) is 1. The lowest BCUT2D eigenvalue weighted by atomic mass is 9.94. The summed E-state index contributed by atoms with van der Waals surface area (Å²) in [7, 11) is 1.64. The van der Waals surface area contributed by atoms with E-state index in [-0.39, 0.29) is 11.8 Å². The van der Waals surface area contributed by atoms with Crippen LogP contribution in [0.5, 0.6) is 5.75 Å². The summed E-state index contributed by atoms with van der Waals surface area (Å²) >= 11 is 0. The van der Waals surface area contributed by atoms with Crippen molar-refractivity contribution in [2.24, 2.45) is 0 Å². The first-order valence-corrected chi connectivity index (χ1v) is 9.87. The predicted molar refractivity (Wildman–Crippen MR) is 109 cm³/mol. The molecule has 1 amide bonds. The Bertz CT molecular complexity index is 983. The maximum absolute atomic E-state index is 12.8. The molecule has 7 heteroatoms. The van der Waals surface area contributed by atoms with Gasteiger partial charge in [0.2, 0.25) is 5.91 Å². The van der Waals surface area contributed by atoms with Gasteiger partial charge in [-0.3, -0.25) is 14.3 Å². The van der Waals surface area contributed by atoms with Crippen LogP contribution in [0.4, 0.5) is 0 Å². The molecule has 0 saturated carbocycles. The molecule has 1 unspecified atom stereocenters. The Morgan fingerprint density at radius 3 is 2.79 bits per heavy atom. The fourth-order valence-corrected chi connectivity index (χ4v) is 3.78. The average molecular weight is 391 g/mol. The highest BCUT2D eigenvalue weighted by Gasteiger charge is 2.26. The van der Waals surface area contributed by atoms with E-state index in [1.807, 2.05) is 53.0 Å². The van der Waals surface area contributed by atoms with Crippen LogP contribution >= 0.6 is 0 Å². The number of carbonyl (C=O) groups excluding carboxylic acids is 1. The van der Waals surface area contributed by atoms with Crippen molar-refractivity contribution in [3.8, 4) is 11.6 Å². The van der Waals surface area contributed by atoms with Gasteiger partial charge in [0.25, 0.3) is 0 Å². The summed E-state index contributed by atoms with van der Waals surface area (Å²) < 4.78 is 7.11. The Labute approximate surface area is 170 Å². The maximum Gasteiger partial charge on any atom is 0.227 e. The number of hydrogen-bond acceptors (Lipinski definition) is 5. The van der Waals surface area contributed by atoms with Gasteiger partial charge in [-0.2, -0.15) is 0 Å². The molecule has 3 heterocycles. The molecule has 1 fully saturated rings. The van der Waals surface area contributed by atoms with Crippen LogP contribution in [0.3, 0.4) is 0 Å². The number of piperidine rings is 1. The molecule has 1 atom stereocenters. The van der Waals surface area contributed by atoms with Crippen LogP contribution in [0.1, 0.15) is 35.8 Å². The molecule has 29 heavy (non-hydrogen) atoms. The summed E-state index contributed by atoms with van der Waals surface area (Å²) in [6.07, 6.45) is 9.57. The highest BCUT2D eigenvalue weighted by atomic mass is 16.5. The summed E-state index contributed by atoms with van der Waals surface area (Å²) in [6.45, 7) is 3.41. The van der Waals surface area contributed by atoms with Gasteiger partial charge in [0.15, 0.2) is 5.82 Å². The van der Waals surface area contributed by atoms with E-state index in [0.717, 1.165) is 48.0 Å². The number of benzene rings is 1. The summed E-state index contributed by atoms with van der Waals surface area (Å²) in [4.78, 5) is 28.2. The van der Waals surface area contributed by atoms with Crippen molar-refractivity contribution in [1.82, 2.24) is 24.4 Å². The average Bonchev–Trinajstić information content (AvgIpc) is 3.20. The first-order chi connectivity index (χ1) is 14.1. The molecule has 1 saturated heterocycles. The molecule has 0 spiro atoms. The van der Waals surface area contributed by atoms with Crippen LogP contribution in [-0.2, 0) is 11.2 Å². The van der Waals surface area contributed by atoms with Gasteiger partial charge in [-0.25, -0.2) is 9.97 Å². The van der Waals surface area contributed by atoms with Gasteiger partial charge in [-0.05, 0) is 37.5 Å². The Morgan fingerprint density at radius 1 is 1.24 bits per heavy atom. The fourth-order valence-electron chi connectivity index (χ4n) is 3.78. The van der Waals surface area contributed by atoms with Crippen LogP contribution in [0.25, 0.3) is 5.82 Å². The second-order valence-electron chi connectivity index (χ2n) is 7.35. The molecule has 1 aromatic carbocycles. The lowest BCUT2D eigenvalue weighted by Gasteiger charge is -2.32. The zero-order valence-corrected chi connectivity index (χ0v) is 16.8. The number of hydrogen-bond donors (Lipinski definition) is 0. The van der Waals surface area contributed by atoms with Crippen molar-refractivity contribution in [3.63, 3.8) is 0 Å². The lowest BCUT2D eigenvalue weighted by molar-refractivity contribution is -0.131. The highest BCUT2D eigenvalue weighted by Crippen LogP contribution is 2.26. The molecule has 0 N–H and O–H groups in total. The third-order valence-electron chi connectivity index (χ3n) is 5.42. The van der Waals surface area contributed by atoms with Crippen LogP contribution in [0.15, 0.2) is 49.1 Å². The van der Waals surface area contributed by atoms with E-state index in [1.165, 1.54) is 0 Å². The van der Waals surface area contributed by atoms with E-state index in [9.17, 15) is 4.79 Å². The zero-order chi connectivity index (χ0) is 20.2. The Kier molecular flexibility index (Phi) is 5.55. The largest absolute Gasteiger partial charge is 0.497 e. The SMILES string of the molecule is COc1ccc(CC(=O)N2CCCC(c3cncc(-n4ccnc4C)n3)C2)cc1. The molecule has 150 valence electrons. The van der Waals surface area contributed by atoms with Crippen LogP contribution in [0.2, 0.25) is 0 Å². The zero-order valence-electron chi connectivity index (χ0n) is 16.8. The Hall–Kier alpha value is -3.22. The van der Waals surface area contributed by atoms with Crippen molar-refractivity contribution in [3.05, 3.63) is 66.1 Å². The van der Waals surface area contributed by atoms with Gasteiger partial charge in [0.1, 0.15) is 11.6 Å². The maximum atomic E-state index is 12.8. The molecule has 0 bridgehead atoms. The van der Waals surface area contributed by atoms with Crippen molar-refractivity contribution in [2.75, 3.05) is 20.2 Å². The van der Waals surface area contributed by atoms with Crippen molar-refractivity contribution in [1.29, 1.82) is 0 Å². The molecule has 0 aliphatic carbocycles. The predicted octanol–water partition coefficient (Wildman–Crippen LogP) is 2.93. The lowest BCUT2D eigenvalue weighted by Crippen LogP contribution is -2.40. The van der Waals surface area contributed by atoms with Crippen molar-refractivity contribution < 1.29 is 9.53 Å². The molecule has 1 aliphatic heterocycles. The summed E-state index contributed by atoms with van der Waals surface area (Å²) in [5.41, 5.74) is 1.92. The third kappa shape index (κ3) is 4.29. The third-order valence-corrected chi connectivity index (χ3v) is 5.42. The standard InChI is InChI=1S/C22H25N5O2/c1-16-24-9-11-27(16)21-14-23-13-20(25-21)18-4-3-10-26(15-18)22(28)12-17-5-7-19(29-2)8-6-17/h5-9,11,13-14,18H,3-4,10,12,15H2,1-2H3. The molecule has 3 aromatic rings. The monoisotopic (exact) mass is 391 g/mol. The van der Waals surface area contributed by atoms with Crippen LogP contribution in [0, 0.1) is 6.92 Å². The summed E-state index contributed by atoms with van der Waals surface area (Å²) in [5, 5.41) is 0. The van der Waals surface area contributed by atoms with Crippen molar-refractivity contribution in [2.45, 2.75) is 32.1 Å². The minimum Gasteiger partial charge on any atom is -0.497 e. The Morgan fingerprint density at radius 2 is 2.07 bits per heavy atom. The van der Waals surface area contributed by atoms with E-state index in [4.69, 9.17) is 9.72 Å². The van der Waals surface area contributed by atoms with Gasteiger partial charge >= 0.3 is 0 Å². The van der Waals surface area contributed by atoms with Gasteiger partial charge in [-0.15, -0.1) is 0 Å². The minimum absolute atomic E-state index is 0.148. The number of ether oxygens (including phenoxy) is 1. The molecule has 2 aromatic heterocycles. The van der Waals surface area contributed by atoms with Crippen LogP contribution < -0.4 is 4.74 Å². The smallest absolute Gasteiger partial charge is 0.227 e. The molecule has 7 nitrogen and oxygen atoms in total. The van der Waals surface area contributed by atoms with Gasteiger partial charge in [0, 0.05) is 37.6 Å². The molecular formula is C22H25N5O2. The van der Waals surface area contributed by atoms with E-state index in [2.05, 4.69) is 9.97 Å². The number of amides is 1. The fraction of sp³-hybridized carbons (Fsp3) is 0.364. The van der Waals surface area contributed by atoms with E-state index < -0.39 is 0 Å². The highest BCUT2D eigenvalue weighted by molar-refractivity contribution is 5.79.